The van der Waals surface area contributed by atoms with Gasteiger partial charge < -0.3 is 15.0 Å². The molecule has 0 bridgehead atoms. The van der Waals surface area contributed by atoms with Crippen LogP contribution in [-0.4, -0.2) is 22.0 Å². The van der Waals surface area contributed by atoms with E-state index in [0.717, 1.165) is 11.1 Å². The van der Waals surface area contributed by atoms with E-state index in [1.807, 2.05) is 32.0 Å². The SMILES string of the molecule is Cc1ccc(C)c(O[C@@H](C)C(=O)NCc2cc(=O)[nH]cn2)c1. The molecule has 0 fully saturated rings. The molecule has 2 rings (SSSR count). The summed E-state index contributed by atoms with van der Waals surface area (Å²) in [6, 6.07) is 7.19. The largest absolute Gasteiger partial charge is 0.481 e. The van der Waals surface area contributed by atoms with Crippen LogP contribution < -0.4 is 15.6 Å². The molecular formula is C16H19N3O3. The first-order chi connectivity index (χ1) is 10.5. The Morgan fingerprint density at radius 3 is 2.86 bits per heavy atom. The number of ether oxygens (including phenoxy) is 1. The first kappa shape index (κ1) is 15.8. The number of H-pyrrole nitrogens is 1. The number of carbonyl (C=O) groups excluding carboxylic acids is 1. The number of hydrogen-bond donors (Lipinski definition) is 2. The Balaban J connectivity index is 1.94. The van der Waals surface area contributed by atoms with E-state index in [9.17, 15) is 9.59 Å². The van der Waals surface area contributed by atoms with Gasteiger partial charge in [-0.3, -0.25) is 9.59 Å². The third-order valence-electron chi connectivity index (χ3n) is 3.20. The molecule has 116 valence electrons. The van der Waals surface area contributed by atoms with Crippen molar-refractivity contribution in [3.8, 4) is 5.75 Å². The summed E-state index contributed by atoms with van der Waals surface area (Å²) in [4.78, 5) is 29.6. The van der Waals surface area contributed by atoms with Gasteiger partial charge in [0.15, 0.2) is 6.10 Å². The van der Waals surface area contributed by atoms with Crippen molar-refractivity contribution in [3.63, 3.8) is 0 Å². The molecule has 0 aliphatic heterocycles. The molecule has 1 amide bonds. The van der Waals surface area contributed by atoms with Crippen molar-refractivity contribution in [1.82, 2.24) is 15.3 Å². The van der Waals surface area contributed by atoms with E-state index in [2.05, 4.69) is 15.3 Å². The first-order valence-corrected chi connectivity index (χ1v) is 7.01. The van der Waals surface area contributed by atoms with Gasteiger partial charge in [0, 0.05) is 6.07 Å². The summed E-state index contributed by atoms with van der Waals surface area (Å²) in [5.41, 5.74) is 2.29. The molecular weight excluding hydrogens is 282 g/mol. The minimum Gasteiger partial charge on any atom is -0.481 e. The second-order valence-electron chi connectivity index (χ2n) is 5.15. The summed E-state index contributed by atoms with van der Waals surface area (Å²) in [7, 11) is 0. The van der Waals surface area contributed by atoms with Gasteiger partial charge in [-0.05, 0) is 38.0 Å². The number of aromatic amines is 1. The molecule has 0 spiro atoms. The summed E-state index contributed by atoms with van der Waals surface area (Å²) in [5, 5.41) is 2.70. The topological polar surface area (TPSA) is 84.1 Å². The average molecular weight is 301 g/mol. The normalized spacial score (nSPS) is 11.8. The molecule has 2 N–H and O–H groups in total. The highest BCUT2D eigenvalue weighted by atomic mass is 16.5. The van der Waals surface area contributed by atoms with Crippen molar-refractivity contribution in [1.29, 1.82) is 0 Å². The number of carbonyl (C=O) groups is 1. The number of aryl methyl sites for hydroxylation is 2. The maximum Gasteiger partial charge on any atom is 0.261 e. The number of rotatable bonds is 5. The number of nitrogens with one attached hydrogen (secondary N) is 2. The molecule has 0 radical (unpaired) electrons. The quantitative estimate of drug-likeness (QED) is 0.876. The molecule has 6 nitrogen and oxygen atoms in total. The lowest BCUT2D eigenvalue weighted by molar-refractivity contribution is -0.127. The lowest BCUT2D eigenvalue weighted by Crippen LogP contribution is -2.36. The van der Waals surface area contributed by atoms with Crippen LogP contribution in [-0.2, 0) is 11.3 Å². The standard InChI is InChI=1S/C16H19N3O3/c1-10-4-5-11(2)14(6-10)22-12(3)16(21)17-8-13-7-15(20)19-9-18-13/h4-7,9,12H,8H2,1-3H3,(H,17,21)(H,18,19,20)/t12-/m0/s1. The second kappa shape index (κ2) is 6.89. The molecule has 0 saturated carbocycles. The van der Waals surface area contributed by atoms with Crippen molar-refractivity contribution >= 4 is 5.91 Å². The van der Waals surface area contributed by atoms with Gasteiger partial charge >= 0.3 is 0 Å². The second-order valence-corrected chi connectivity index (χ2v) is 5.15. The average Bonchev–Trinajstić information content (AvgIpc) is 2.48. The molecule has 2 aromatic rings. The van der Waals surface area contributed by atoms with Gasteiger partial charge in [-0.25, -0.2) is 4.98 Å². The van der Waals surface area contributed by atoms with E-state index in [-0.39, 0.29) is 18.0 Å². The maximum atomic E-state index is 12.1. The highest BCUT2D eigenvalue weighted by molar-refractivity contribution is 5.80. The van der Waals surface area contributed by atoms with Crippen molar-refractivity contribution in [2.75, 3.05) is 0 Å². The van der Waals surface area contributed by atoms with Crippen LogP contribution in [0.3, 0.4) is 0 Å². The highest BCUT2D eigenvalue weighted by Crippen LogP contribution is 2.20. The van der Waals surface area contributed by atoms with Gasteiger partial charge in [0.25, 0.3) is 11.5 Å². The third kappa shape index (κ3) is 4.18. The predicted octanol–water partition coefficient (Wildman–Crippen LogP) is 1.47. The number of amides is 1. The lowest BCUT2D eigenvalue weighted by atomic mass is 10.1. The van der Waals surface area contributed by atoms with Crippen LogP contribution >= 0.6 is 0 Å². The lowest BCUT2D eigenvalue weighted by Gasteiger charge is -2.16. The minimum atomic E-state index is -0.637. The Morgan fingerprint density at radius 2 is 2.14 bits per heavy atom. The number of nitrogens with zero attached hydrogens (tertiary/aromatic N) is 1. The summed E-state index contributed by atoms with van der Waals surface area (Å²) in [5.74, 6) is 0.430. The number of hydrogen-bond acceptors (Lipinski definition) is 4. The zero-order valence-electron chi connectivity index (χ0n) is 12.8. The molecule has 1 aromatic heterocycles. The molecule has 1 aromatic carbocycles. The Morgan fingerprint density at radius 1 is 1.36 bits per heavy atom. The third-order valence-corrected chi connectivity index (χ3v) is 3.20. The van der Waals surface area contributed by atoms with E-state index in [1.54, 1.807) is 6.92 Å². The summed E-state index contributed by atoms with van der Waals surface area (Å²) in [6.45, 7) is 5.76. The monoisotopic (exact) mass is 301 g/mol. The van der Waals surface area contributed by atoms with Gasteiger partial charge in [-0.1, -0.05) is 12.1 Å². The molecule has 0 aliphatic rings. The van der Waals surface area contributed by atoms with Gasteiger partial charge in [-0.15, -0.1) is 0 Å². The van der Waals surface area contributed by atoms with Gasteiger partial charge in [0.1, 0.15) is 5.75 Å². The van der Waals surface area contributed by atoms with Crippen molar-refractivity contribution in [3.05, 3.63) is 57.8 Å². The first-order valence-electron chi connectivity index (χ1n) is 7.01. The van der Waals surface area contributed by atoms with E-state index >= 15 is 0 Å². The Bertz CT molecular complexity index is 725. The zero-order valence-corrected chi connectivity index (χ0v) is 12.8. The van der Waals surface area contributed by atoms with Crippen molar-refractivity contribution in [2.24, 2.45) is 0 Å². The molecule has 1 atom stereocenters. The molecule has 22 heavy (non-hydrogen) atoms. The summed E-state index contributed by atoms with van der Waals surface area (Å²) < 4.78 is 5.70. The van der Waals surface area contributed by atoms with Crippen LogP contribution in [0.1, 0.15) is 23.7 Å². The smallest absolute Gasteiger partial charge is 0.261 e. The number of benzene rings is 1. The van der Waals surface area contributed by atoms with Gasteiger partial charge in [0.2, 0.25) is 0 Å². The molecule has 0 aliphatic carbocycles. The highest BCUT2D eigenvalue weighted by Gasteiger charge is 2.15. The van der Waals surface area contributed by atoms with Crippen LogP contribution in [0.4, 0.5) is 0 Å². The molecule has 6 heteroatoms. The van der Waals surface area contributed by atoms with Gasteiger partial charge in [-0.2, -0.15) is 0 Å². The van der Waals surface area contributed by atoms with E-state index in [4.69, 9.17) is 4.74 Å². The van der Waals surface area contributed by atoms with E-state index in [0.29, 0.717) is 11.4 Å². The fourth-order valence-corrected chi connectivity index (χ4v) is 1.91. The van der Waals surface area contributed by atoms with Crippen molar-refractivity contribution in [2.45, 2.75) is 33.4 Å². The maximum absolute atomic E-state index is 12.1. The van der Waals surface area contributed by atoms with E-state index in [1.165, 1.54) is 12.4 Å². The summed E-state index contributed by atoms with van der Waals surface area (Å²) >= 11 is 0. The van der Waals surface area contributed by atoms with Crippen LogP contribution in [0.2, 0.25) is 0 Å². The number of aromatic nitrogens is 2. The Kier molecular flexibility index (Phi) is 4.93. The fourth-order valence-electron chi connectivity index (χ4n) is 1.91. The van der Waals surface area contributed by atoms with Crippen LogP contribution in [0.15, 0.2) is 35.4 Å². The molecule has 0 unspecified atom stereocenters. The zero-order chi connectivity index (χ0) is 16.1. The fraction of sp³-hybridized carbons (Fsp3) is 0.312. The van der Waals surface area contributed by atoms with Crippen molar-refractivity contribution < 1.29 is 9.53 Å². The molecule has 1 heterocycles. The van der Waals surface area contributed by atoms with Gasteiger partial charge in [0.05, 0.1) is 18.6 Å². The van der Waals surface area contributed by atoms with Crippen LogP contribution in [0.25, 0.3) is 0 Å². The minimum absolute atomic E-state index is 0.184. The predicted molar refractivity (Wildman–Crippen MR) is 82.7 cm³/mol. The Labute approximate surface area is 128 Å². The van der Waals surface area contributed by atoms with E-state index < -0.39 is 6.10 Å². The molecule has 0 saturated heterocycles. The van der Waals surface area contributed by atoms with Crippen LogP contribution in [0.5, 0.6) is 5.75 Å². The summed E-state index contributed by atoms with van der Waals surface area (Å²) in [6.07, 6.45) is 0.669. The van der Waals surface area contributed by atoms with Crippen LogP contribution in [0, 0.1) is 13.8 Å². The Hall–Kier alpha value is -2.63.